The lowest BCUT2D eigenvalue weighted by Crippen LogP contribution is -2.46. The smallest absolute Gasteiger partial charge is 0.248 e. The van der Waals surface area contributed by atoms with Gasteiger partial charge in [0.2, 0.25) is 11.9 Å². The first-order valence-electron chi connectivity index (χ1n) is 9.99. The van der Waals surface area contributed by atoms with Crippen molar-refractivity contribution in [1.82, 2.24) is 14.9 Å². The molecule has 0 saturated carbocycles. The summed E-state index contributed by atoms with van der Waals surface area (Å²) in [5.41, 5.74) is 2.53. The van der Waals surface area contributed by atoms with E-state index < -0.39 is 6.61 Å². The molecule has 8 nitrogen and oxygen atoms in total. The molecule has 1 aliphatic rings. The number of aryl methyl sites for hydroxylation is 1. The second-order valence-corrected chi connectivity index (χ2v) is 7.34. The van der Waals surface area contributed by atoms with Gasteiger partial charge < -0.3 is 20.6 Å². The molecule has 3 rings (SSSR count). The van der Waals surface area contributed by atoms with Gasteiger partial charge in [-0.15, -0.1) is 0 Å². The Morgan fingerprint density at radius 1 is 1.37 bits per heavy atom. The molecule has 1 amide bonds. The number of para-hydroxylation sites is 1. The lowest BCUT2D eigenvalue weighted by atomic mass is 10.1. The van der Waals surface area contributed by atoms with E-state index >= 15 is 0 Å². The van der Waals surface area contributed by atoms with Gasteiger partial charge in [-0.1, -0.05) is 24.8 Å². The zero-order chi connectivity index (χ0) is 21.5. The van der Waals surface area contributed by atoms with Gasteiger partial charge in [0.05, 0.1) is 0 Å². The van der Waals surface area contributed by atoms with Crippen molar-refractivity contribution in [2.24, 2.45) is 0 Å². The molecular formula is C22H27N5O3. The van der Waals surface area contributed by atoms with Crippen molar-refractivity contribution in [3.05, 3.63) is 54.2 Å². The van der Waals surface area contributed by atoms with E-state index in [-0.39, 0.29) is 24.2 Å². The van der Waals surface area contributed by atoms with E-state index in [0.717, 1.165) is 29.7 Å². The van der Waals surface area contributed by atoms with Crippen molar-refractivity contribution in [2.75, 3.05) is 30.3 Å². The number of rotatable bonds is 8. The lowest BCUT2D eigenvalue weighted by molar-refractivity contribution is -0.135. The Hall–Kier alpha value is -3.26. The maximum atomic E-state index is 11.8. The van der Waals surface area contributed by atoms with Crippen LogP contribution in [0.15, 0.2) is 43.1 Å². The monoisotopic (exact) mass is 409 g/mol. The highest BCUT2D eigenvalue weighted by molar-refractivity contribution is 5.92. The summed E-state index contributed by atoms with van der Waals surface area (Å²) in [6.45, 7) is 6.13. The molecule has 1 saturated heterocycles. The Morgan fingerprint density at radius 3 is 2.93 bits per heavy atom. The molecule has 1 atom stereocenters. The molecule has 1 aromatic heterocycles. The number of carbonyl (C=O) groups is 2. The molecule has 2 aromatic rings. The topological polar surface area (TPSA) is 107 Å². The Morgan fingerprint density at radius 2 is 2.17 bits per heavy atom. The number of aromatic nitrogens is 2. The second kappa shape index (κ2) is 9.98. The van der Waals surface area contributed by atoms with Gasteiger partial charge in [0, 0.05) is 43.0 Å². The molecule has 0 bridgehead atoms. The average Bonchev–Trinajstić information content (AvgIpc) is 2.76. The van der Waals surface area contributed by atoms with Gasteiger partial charge in [-0.05, 0) is 37.5 Å². The Bertz CT molecular complexity index is 931. The van der Waals surface area contributed by atoms with Crippen LogP contribution in [0.3, 0.4) is 0 Å². The Labute approximate surface area is 176 Å². The summed E-state index contributed by atoms with van der Waals surface area (Å²) in [4.78, 5) is 34.2. The van der Waals surface area contributed by atoms with Crippen LogP contribution in [0, 0.1) is 6.92 Å². The van der Waals surface area contributed by atoms with Crippen LogP contribution in [0.25, 0.3) is 0 Å². The number of aliphatic hydroxyl groups is 1. The summed E-state index contributed by atoms with van der Waals surface area (Å²) in [6, 6.07) is 7.60. The molecule has 158 valence electrons. The van der Waals surface area contributed by atoms with Crippen molar-refractivity contribution in [3.63, 3.8) is 0 Å². The second-order valence-electron chi connectivity index (χ2n) is 7.34. The minimum atomic E-state index is -0.477. The molecule has 30 heavy (non-hydrogen) atoms. The SMILES string of the molecule is C=CC(=O)Cc1ccccc1Nc1nc(N[C@H]2CCCN(C(=O)CO)C2)ncc1C. The van der Waals surface area contributed by atoms with Gasteiger partial charge in [0.15, 0.2) is 5.78 Å². The van der Waals surface area contributed by atoms with Crippen molar-refractivity contribution in [3.8, 4) is 0 Å². The number of benzene rings is 1. The first-order valence-corrected chi connectivity index (χ1v) is 9.99. The maximum absolute atomic E-state index is 11.8. The van der Waals surface area contributed by atoms with E-state index in [1.807, 2.05) is 31.2 Å². The summed E-state index contributed by atoms with van der Waals surface area (Å²) < 4.78 is 0. The molecule has 1 fully saturated rings. The van der Waals surface area contributed by atoms with E-state index in [2.05, 4.69) is 27.2 Å². The normalized spacial score (nSPS) is 16.1. The maximum Gasteiger partial charge on any atom is 0.248 e. The summed E-state index contributed by atoms with van der Waals surface area (Å²) >= 11 is 0. The van der Waals surface area contributed by atoms with Crippen LogP contribution in [0.4, 0.5) is 17.5 Å². The minimum Gasteiger partial charge on any atom is -0.387 e. The van der Waals surface area contributed by atoms with Crippen molar-refractivity contribution in [2.45, 2.75) is 32.2 Å². The van der Waals surface area contributed by atoms with E-state index in [9.17, 15) is 9.59 Å². The number of hydrogen-bond acceptors (Lipinski definition) is 7. The number of hydrogen-bond donors (Lipinski definition) is 3. The summed E-state index contributed by atoms with van der Waals surface area (Å²) in [7, 11) is 0. The number of piperidine rings is 1. The quantitative estimate of drug-likeness (QED) is 0.574. The molecule has 0 radical (unpaired) electrons. The van der Waals surface area contributed by atoms with E-state index in [0.29, 0.717) is 24.9 Å². The van der Waals surface area contributed by atoms with E-state index in [4.69, 9.17) is 5.11 Å². The van der Waals surface area contributed by atoms with Crippen LogP contribution < -0.4 is 10.6 Å². The number of anilines is 3. The number of aliphatic hydroxyl groups excluding tert-OH is 1. The number of nitrogens with one attached hydrogen (secondary N) is 2. The van der Waals surface area contributed by atoms with E-state index in [1.54, 1.807) is 11.1 Å². The third-order valence-electron chi connectivity index (χ3n) is 5.08. The van der Waals surface area contributed by atoms with E-state index in [1.165, 1.54) is 6.08 Å². The zero-order valence-corrected chi connectivity index (χ0v) is 17.1. The van der Waals surface area contributed by atoms with Crippen LogP contribution in [0.5, 0.6) is 0 Å². The van der Waals surface area contributed by atoms with Gasteiger partial charge in [0.25, 0.3) is 0 Å². The van der Waals surface area contributed by atoms with Crippen LogP contribution >= 0.6 is 0 Å². The zero-order valence-electron chi connectivity index (χ0n) is 17.1. The van der Waals surface area contributed by atoms with Gasteiger partial charge >= 0.3 is 0 Å². The number of ketones is 1. The predicted octanol–water partition coefficient (Wildman–Crippen LogP) is 2.22. The lowest BCUT2D eigenvalue weighted by Gasteiger charge is -2.32. The van der Waals surface area contributed by atoms with Gasteiger partial charge in [-0.25, -0.2) is 4.98 Å². The number of carbonyl (C=O) groups excluding carboxylic acids is 2. The van der Waals surface area contributed by atoms with Crippen LogP contribution in [0.2, 0.25) is 0 Å². The van der Waals surface area contributed by atoms with Crippen molar-refractivity contribution >= 4 is 29.1 Å². The highest BCUT2D eigenvalue weighted by Gasteiger charge is 2.23. The molecule has 1 aromatic carbocycles. The highest BCUT2D eigenvalue weighted by Crippen LogP contribution is 2.24. The van der Waals surface area contributed by atoms with Gasteiger partial charge in [0.1, 0.15) is 12.4 Å². The average molecular weight is 409 g/mol. The molecule has 0 unspecified atom stereocenters. The fraction of sp³-hybridized carbons (Fsp3) is 0.364. The first kappa shape index (κ1) is 21.4. The Kier molecular flexibility index (Phi) is 7.13. The molecule has 3 N–H and O–H groups in total. The Balaban J connectivity index is 1.74. The van der Waals surface area contributed by atoms with Crippen LogP contribution in [-0.2, 0) is 16.0 Å². The molecular weight excluding hydrogens is 382 g/mol. The number of nitrogens with zero attached hydrogens (tertiary/aromatic N) is 3. The fourth-order valence-corrected chi connectivity index (χ4v) is 3.43. The number of likely N-dealkylation sites (tertiary alicyclic amines) is 1. The number of amides is 1. The molecule has 1 aliphatic heterocycles. The van der Waals surface area contributed by atoms with Crippen molar-refractivity contribution in [1.29, 1.82) is 0 Å². The largest absolute Gasteiger partial charge is 0.387 e. The first-order chi connectivity index (χ1) is 14.5. The predicted molar refractivity (Wildman–Crippen MR) is 116 cm³/mol. The van der Waals surface area contributed by atoms with Crippen LogP contribution in [-0.4, -0.2) is 57.4 Å². The highest BCUT2D eigenvalue weighted by atomic mass is 16.3. The summed E-state index contributed by atoms with van der Waals surface area (Å²) in [5, 5.41) is 15.7. The molecule has 0 aliphatic carbocycles. The summed E-state index contributed by atoms with van der Waals surface area (Å²) in [5.74, 6) is 0.792. The minimum absolute atomic E-state index is 0.0160. The third-order valence-corrected chi connectivity index (χ3v) is 5.08. The summed E-state index contributed by atoms with van der Waals surface area (Å²) in [6.07, 6.45) is 5.06. The molecule has 2 heterocycles. The third kappa shape index (κ3) is 5.42. The fourth-order valence-electron chi connectivity index (χ4n) is 3.43. The number of allylic oxidation sites excluding steroid dienone is 1. The molecule has 0 spiro atoms. The van der Waals surface area contributed by atoms with Crippen LogP contribution in [0.1, 0.15) is 24.0 Å². The van der Waals surface area contributed by atoms with Gasteiger partial charge in [-0.2, -0.15) is 4.98 Å². The van der Waals surface area contributed by atoms with Gasteiger partial charge in [-0.3, -0.25) is 9.59 Å². The van der Waals surface area contributed by atoms with Crippen molar-refractivity contribution < 1.29 is 14.7 Å². The molecule has 8 heteroatoms. The standard InChI is InChI=1S/C22H27N5O3/c1-3-18(29)11-16-7-4-5-9-19(16)25-21-15(2)12-23-22(26-21)24-17-8-6-10-27(13-17)20(30)14-28/h3-5,7,9,12,17,28H,1,6,8,10-11,13-14H2,2H3,(H2,23,24,25,26)/t17-/m0/s1.